The summed E-state index contributed by atoms with van der Waals surface area (Å²) >= 11 is 0. The first-order valence-corrected chi connectivity index (χ1v) is 8.40. The van der Waals surface area contributed by atoms with Gasteiger partial charge in [-0.15, -0.1) is 0 Å². The van der Waals surface area contributed by atoms with E-state index in [-0.39, 0.29) is 0 Å². The Morgan fingerprint density at radius 1 is 1.19 bits per heavy atom. The molecule has 1 aromatic carbocycles. The van der Waals surface area contributed by atoms with E-state index in [4.69, 9.17) is 4.74 Å². The number of nitrogens with zero attached hydrogens (tertiary/aromatic N) is 1. The second-order valence-corrected chi connectivity index (χ2v) is 6.07. The number of nitrogens with one attached hydrogen (secondary N) is 1. The predicted molar refractivity (Wildman–Crippen MR) is 88.8 cm³/mol. The third-order valence-corrected chi connectivity index (χ3v) is 4.50. The van der Waals surface area contributed by atoms with Gasteiger partial charge >= 0.3 is 0 Å². The van der Waals surface area contributed by atoms with Crippen molar-refractivity contribution in [3.63, 3.8) is 0 Å². The third-order valence-electron chi connectivity index (χ3n) is 4.50. The van der Waals surface area contributed by atoms with E-state index in [1.54, 1.807) is 0 Å². The average molecular weight is 290 g/mol. The van der Waals surface area contributed by atoms with Gasteiger partial charge in [0.25, 0.3) is 0 Å². The van der Waals surface area contributed by atoms with Crippen LogP contribution in [0.3, 0.4) is 0 Å². The van der Waals surface area contributed by atoms with Gasteiger partial charge in [0, 0.05) is 13.1 Å². The zero-order valence-corrected chi connectivity index (χ0v) is 13.6. The van der Waals surface area contributed by atoms with Crippen LogP contribution in [-0.4, -0.2) is 38.2 Å². The van der Waals surface area contributed by atoms with Gasteiger partial charge in [-0.25, -0.2) is 0 Å². The molecule has 1 aromatic rings. The molecule has 1 aliphatic rings. The van der Waals surface area contributed by atoms with Gasteiger partial charge in [0.15, 0.2) is 0 Å². The molecule has 1 atom stereocenters. The van der Waals surface area contributed by atoms with Gasteiger partial charge in [-0.3, -0.25) is 4.90 Å². The fourth-order valence-electron chi connectivity index (χ4n) is 3.06. The van der Waals surface area contributed by atoms with Crippen molar-refractivity contribution in [2.75, 3.05) is 33.3 Å². The first kappa shape index (κ1) is 16.3. The van der Waals surface area contributed by atoms with Crippen LogP contribution >= 0.6 is 0 Å². The highest BCUT2D eigenvalue weighted by atomic mass is 16.5. The first-order chi connectivity index (χ1) is 10.3. The minimum absolute atomic E-state index is 0.794. The smallest absolute Gasteiger partial charge is 0.119 e. The van der Waals surface area contributed by atoms with E-state index >= 15 is 0 Å². The summed E-state index contributed by atoms with van der Waals surface area (Å²) in [5.74, 6) is 1.92. The van der Waals surface area contributed by atoms with Crippen molar-refractivity contribution in [3.05, 3.63) is 29.8 Å². The van der Waals surface area contributed by atoms with E-state index in [9.17, 15) is 0 Å². The SMILES string of the molecule is CCC1CCCN(CCOc2ccc(CNC)cc2)CC1. The Labute approximate surface area is 129 Å². The Balaban J connectivity index is 1.68. The zero-order valence-electron chi connectivity index (χ0n) is 13.6. The number of likely N-dealkylation sites (tertiary alicyclic amines) is 1. The largest absolute Gasteiger partial charge is 0.492 e. The molecule has 2 rings (SSSR count). The van der Waals surface area contributed by atoms with E-state index in [1.807, 2.05) is 7.05 Å². The quantitative estimate of drug-likeness (QED) is 0.834. The summed E-state index contributed by atoms with van der Waals surface area (Å²) in [6.45, 7) is 7.55. The molecule has 1 aliphatic heterocycles. The summed E-state index contributed by atoms with van der Waals surface area (Å²) in [6, 6.07) is 8.40. The molecular weight excluding hydrogens is 260 g/mol. The van der Waals surface area contributed by atoms with E-state index in [2.05, 4.69) is 41.4 Å². The Bertz CT molecular complexity index is 391. The minimum atomic E-state index is 0.794. The van der Waals surface area contributed by atoms with Crippen LogP contribution < -0.4 is 10.1 Å². The summed E-state index contributed by atoms with van der Waals surface area (Å²) < 4.78 is 5.87. The number of benzene rings is 1. The Morgan fingerprint density at radius 3 is 2.71 bits per heavy atom. The summed E-state index contributed by atoms with van der Waals surface area (Å²) in [4.78, 5) is 2.56. The van der Waals surface area contributed by atoms with Crippen LogP contribution in [0.5, 0.6) is 5.75 Å². The zero-order chi connectivity index (χ0) is 14.9. The maximum Gasteiger partial charge on any atom is 0.119 e. The number of hydrogen-bond acceptors (Lipinski definition) is 3. The van der Waals surface area contributed by atoms with Gasteiger partial charge in [0.05, 0.1) is 0 Å². The van der Waals surface area contributed by atoms with Crippen LogP contribution in [0, 0.1) is 5.92 Å². The van der Waals surface area contributed by atoms with Crippen molar-refractivity contribution in [1.29, 1.82) is 0 Å². The Kier molecular flexibility index (Phi) is 7.04. The molecule has 1 unspecified atom stereocenters. The van der Waals surface area contributed by atoms with E-state index in [1.165, 1.54) is 44.3 Å². The molecule has 0 bridgehead atoms. The van der Waals surface area contributed by atoms with Crippen LogP contribution in [0.1, 0.15) is 38.2 Å². The monoisotopic (exact) mass is 290 g/mol. The van der Waals surface area contributed by atoms with Crippen LogP contribution in [0.2, 0.25) is 0 Å². The van der Waals surface area contributed by atoms with Crippen LogP contribution in [-0.2, 0) is 6.54 Å². The summed E-state index contributed by atoms with van der Waals surface area (Å²) in [5.41, 5.74) is 1.29. The molecule has 0 aromatic heterocycles. The molecule has 118 valence electrons. The number of hydrogen-bond donors (Lipinski definition) is 1. The molecular formula is C18H30N2O. The molecule has 0 aliphatic carbocycles. The lowest BCUT2D eigenvalue weighted by Gasteiger charge is -2.20. The van der Waals surface area contributed by atoms with Gasteiger partial charge in [-0.2, -0.15) is 0 Å². The maximum absolute atomic E-state index is 5.87. The van der Waals surface area contributed by atoms with Gasteiger partial charge in [-0.05, 0) is 63.0 Å². The summed E-state index contributed by atoms with van der Waals surface area (Å²) in [5, 5.41) is 3.16. The van der Waals surface area contributed by atoms with Crippen molar-refractivity contribution in [1.82, 2.24) is 10.2 Å². The minimum Gasteiger partial charge on any atom is -0.492 e. The van der Waals surface area contributed by atoms with Crippen LogP contribution in [0.4, 0.5) is 0 Å². The lowest BCUT2D eigenvalue weighted by atomic mass is 9.98. The van der Waals surface area contributed by atoms with Crippen molar-refractivity contribution in [2.45, 2.75) is 39.2 Å². The molecule has 3 heteroatoms. The Hall–Kier alpha value is -1.06. The first-order valence-electron chi connectivity index (χ1n) is 8.40. The van der Waals surface area contributed by atoms with E-state index in [0.29, 0.717) is 0 Å². The van der Waals surface area contributed by atoms with Crippen LogP contribution in [0.25, 0.3) is 0 Å². The fourth-order valence-corrected chi connectivity index (χ4v) is 3.06. The van der Waals surface area contributed by atoms with Crippen molar-refractivity contribution in [2.24, 2.45) is 5.92 Å². The highest BCUT2D eigenvalue weighted by molar-refractivity contribution is 5.27. The van der Waals surface area contributed by atoms with Gasteiger partial charge in [0.2, 0.25) is 0 Å². The maximum atomic E-state index is 5.87. The van der Waals surface area contributed by atoms with Crippen molar-refractivity contribution in [3.8, 4) is 5.75 Å². The molecule has 3 nitrogen and oxygen atoms in total. The van der Waals surface area contributed by atoms with Crippen molar-refractivity contribution >= 4 is 0 Å². The standard InChI is InChI=1S/C18H30N2O/c1-3-16-5-4-11-20(12-10-16)13-14-21-18-8-6-17(7-9-18)15-19-2/h6-9,16,19H,3-5,10-15H2,1-2H3. The normalized spacial score (nSPS) is 20.2. The number of rotatable bonds is 7. The summed E-state index contributed by atoms with van der Waals surface area (Å²) in [6.07, 6.45) is 5.44. The Morgan fingerprint density at radius 2 is 2.00 bits per heavy atom. The molecule has 21 heavy (non-hydrogen) atoms. The summed E-state index contributed by atoms with van der Waals surface area (Å²) in [7, 11) is 1.97. The molecule has 0 amide bonds. The second-order valence-electron chi connectivity index (χ2n) is 6.07. The van der Waals surface area contributed by atoms with Gasteiger partial charge in [-0.1, -0.05) is 25.5 Å². The highest BCUT2D eigenvalue weighted by Crippen LogP contribution is 2.20. The van der Waals surface area contributed by atoms with Gasteiger partial charge in [0.1, 0.15) is 12.4 Å². The third kappa shape index (κ3) is 5.68. The average Bonchev–Trinajstić information content (AvgIpc) is 2.74. The van der Waals surface area contributed by atoms with Crippen molar-refractivity contribution < 1.29 is 4.74 Å². The molecule has 1 heterocycles. The van der Waals surface area contributed by atoms with Gasteiger partial charge < -0.3 is 10.1 Å². The number of ether oxygens (including phenoxy) is 1. The lowest BCUT2D eigenvalue weighted by molar-refractivity contribution is 0.212. The molecule has 1 saturated heterocycles. The second kappa shape index (κ2) is 9.06. The van der Waals surface area contributed by atoms with E-state index in [0.717, 1.165) is 31.4 Å². The molecule has 1 fully saturated rings. The molecule has 0 radical (unpaired) electrons. The lowest BCUT2D eigenvalue weighted by Crippen LogP contribution is -2.29. The van der Waals surface area contributed by atoms with Crippen LogP contribution in [0.15, 0.2) is 24.3 Å². The topological polar surface area (TPSA) is 24.5 Å². The molecule has 0 saturated carbocycles. The fraction of sp³-hybridized carbons (Fsp3) is 0.667. The highest BCUT2D eigenvalue weighted by Gasteiger charge is 2.15. The predicted octanol–water partition coefficient (Wildman–Crippen LogP) is 3.30. The van der Waals surface area contributed by atoms with E-state index < -0.39 is 0 Å². The molecule has 1 N–H and O–H groups in total. The molecule has 0 spiro atoms.